The summed E-state index contributed by atoms with van der Waals surface area (Å²) in [6.45, 7) is 3.93. The Labute approximate surface area is 162 Å². The van der Waals surface area contributed by atoms with Gasteiger partial charge in [0, 0.05) is 42.0 Å². The predicted molar refractivity (Wildman–Crippen MR) is 108 cm³/mol. The molecule has 0 saturated carbocycles. The van der Waals surface area contributed by atoms with Crippen molar-refractivity contribution in [2.24, 2.45) is 0 Å². The highest BCUT2D eigenvalue weighted by molar-refractivity contribution is 5.91. The Bertz CT molecular complexity index is 620. The number of aldehydes is 2. The number of fused-ring (bicyclic) bond motifs is 1. The van der Waals surface area contributed by atoms with Gasteiger partial charge >= 0.3 is 0 Å². The number of nitrogens with one attached hydrogen (secondary N) is 1. The normalized spacial score (nSPS) is 21.9. The molecule has 2 fully saturated rings. The fourth-order valence-corrected chi connectivity index (χ4v) is 4.41. The van der Waals surface area contributed by atoms with Crippen LogP contribution in [0, 0.1) is 0 Å². The number of carbonyl (C=O) groups is 2. The van der Waals surface area contributed by atoms with Gasteiger partial charge in [0.1, 0.15) is 0 Å². The Kier molecular flexibility index (Phi) is 7.84. The highest BCUT2D eigenvalue weighted by atomic mass is 16.5. The van der Waals surface area contributed by atoms with Crippen molar-refractivity contribution in [1.82, 2.24) is 4.90 Å². The van der Waals surface area contributed by atoms with Crippen molar-refractivity contribution >= 4 is 18.3 Å². The van der Waals surface area contributed by atoms with E-state index in [1.165, 1.54) is 45.1 Å². The Morgan fingerprint density at radius 3 is 2.74 bits per heavy atom. The number of unbranched alkanes of at least 4 members (excludes halogenated alkanes) is 3. The fourth-order valence-electron chi connectivity index (χ4n) is 4.41. The number of nitrogens with zero attached hydrogens (tertiary/aromatic N) is 1. The molecule has 2 atom stereocenters. The summed E-state index contributed by atoms with van der Waals surface area (Å²) in [4.78, 5) is 24.5. The summed E-state index contributed by atoms with van der Waals surface area (Å²) in [7, 11) is 0. The van der Waals surface area contributed by atoms with E-state index in [1.807, 2.05) is 6.07 Å². The van der Waals surface area contributed by atoms with Crippen LogP contribution >= 0.6 is 0 Å². The SMILES string of the molecule is O=Cc1ccc(NCCCCCCOCC2CCC3CCCN32)cc1C=O. The maximum absolute atomic E-state index is 11.0. The number of rotatable bonds is 12. The van der Waals surface area contributed by atoms with Crippen LogP contribution in [0.4, 0.5) is 5.69 Å². The van der Waals surface area contributed by atoms with Gasteiger partial charge in [0.15, 0.2) is 12.6 Å². The number of hydrogen-bond donors (Lipinski definition) is 1. The Morgan fingerprint density at radius 1 is 1.04 bits per heavy atom. The molecule has 2 heterocycles. The number of carbonyl (C=O) groups excluding carboxylic acids is 2. The van der Waals surface area contributed by atoms with Crippen LogP contribution in [0.25, 0.3) is 0 Å². The van der Waals surface area contributed by atoms with Crippen LogP contribution in [0.15, 0.2) is 18.2 Å². The lowest BCUT2D eigenvalue weighted by atomic mass is 10.1. The highest BCUT2D eigenvalue weighted by Gasteiger charge is 2.36. The quantitative estimate of drug-likeness (QED) is 0.445. The highest BCUT2D eigenvalue weighted by Crippen LogP contribution is 2.32. The molecule has 1 aromatic rings. The van der Waals surface area contributed by atoms with Crippen LogP contribution in [-0.4, -0.2) is 55.9 Å². The van der Waals surface area contributed by atoms with Crippen LogP contribution in [0.3, 0.4) is 0 Å². The minimum atomic E-state index is 0.438. The van der Waals surface area contributed by atoms with E-state index < -0.39 is 0 Å². The van der Waals surface area contributed by atoms with Crippen molar-refractivity contribution in [1.29, 1.82) is 0 Å². The maximum Gasteiger partial charge on any atom is 0.150 e. The van der Waals surface area contributed by atoms with Crippen molar-refractivity contribution in [3.63, 3.8) is 0 Å². The molecule has 2 unspecified atom stereocenters. The monoisotopic (exact) mass is 372 g/mol. The second-order valence-electron chi connectivity index (χ2n) is 7.76. The summed E-state index contributed by atoms with van der Waals surface area (Å²) < 4.78 is 5.93. The molecule has 148 valence electrons. The first-order valence-corrected chi connectivity index (χ1v) is 10.4. The van der Waals surface area contributed by atoms with E-state index in [1.54, 1.807) is 12.1 Å². The second-order valence-corrected chi connectivity index (χ2v) is 7.76. The smallest absolute Gasteiger partial charge is 0.150 e. The first kappa shape index (κ1) is 20.0. The average Bonchev–Trinajstić information content (AvgIpc) is 3.31. The molecule has 2 aliphatic heterocycles. The molecule has 0 aromatic heterocycles. The van der Waals surface area contributed by atoms with Crippen molar-refractivity contribution in [2.75, 3.05) is 31.6 Å². The summed E-state index contributed by atoms with van der Waals surface area (Å²) in [5.41, 5.74) is 1.77. The number of hydrogen-bond acceptors (Lipinski definition) is 5. The molecule has 1 aromatic carbocycles. The summed E-state index contributed by atoms with van der Waals surface area (Å²) >= 11 is 0. The number of benzene rings is 1. The molecule has 0 radical (unpaired) electrons. The fraction of sp³-hybridized carbons (Fsp3) is 0.636. The van der Waals surface area contributed by atoms with Gasteiger partial charge in [0.2, 0.25) is 0 Å². The number of anilines is 1. The van der Waals surface area contributed by atoms with E-state index in [4.69, 9.17) is 4.74 Å². The van der Waals surface area contributed by atoms with E-state index in [-0.39, 0.29) is 0 Å². The second kappa shape index (κ2) is 10.6. The standard InChI is InChI=1S/C22H32N2O3/c25-15-18-7-8-20(14-19(18)16-26)23-11-3-1-2-4-13-27-17-22-10-9-21-6-5-12-24(21)22/h7-8,14-16,21-23H,1-6,9-13,17H2. The topological polar surface area (TPSA) is 58.6 Å². The van der Waals surface area contributed by atoms with Gasteiger partial charge in [-0.3, -0.25) is 14.5 Å². The zero-order valence-electron chi connectivity index (χ0n) is 16.2. The lowest BCUT2D eigenvalue weighted by molar-refractivity contribution is 0.0733. The van der Waals surface area contributed by atoms with E-state index in [2.05, 4.69) is 10.2 Å². The van der Waals surface area contributed by atoms with E-state index in [0.29, 0.717) is 23.5 Å². The number of ether oxygens (including phenoxy) is 1. The molecule has 5 nitrogen and oxygen atoms in total. The van der Waals surface area contributed by atoms with Crippen molar-refractivity contribution in [3.8, 4) is 0 Å². The Hall–Kier alpha value is -1.72. The van der Waals surface area contributed by atoms with Gasteiger partial charge in [-0.15, -0.1) is 0 Å². The summed E-state index contributed by atoms with van der Waals surface area (Å²) in [5, 5.41) is 3.32. The first-order valence-electron chi connectivity index (χ1n) is 10.4. The third kappa shape index (κ3) is 5.63. The minimum absolute atomic E-state index is 0.438. The molecule has 3 rings (SSSR count). The molecular weight excluding hydrogens is 340 g/mol. The average molecular weight is 373 g/mol. The van der Waals surface area contributed by atoms with E-state index in [0.717, 1.165) is 50.6 Å². The molecule has 0 spiro atoms. The third-order valence-electron chi connectivity index (χ3n) is 5.92. The molecule has 0 aliphatic carbocycles. The van der Waals surface area contributed by atoms with E-state index >= 15 is 0 Å². The Balaban J connectivity index is 1.20. The molecule has 1 N–H and O–H groups in total. The molecule has 0 bridgehead atoms. The van der Waals surface area contributed by atoms with Gasteiger partial charge in [-0.05, 0) is 63.3 Å². The van der Waals surface area contributed by atoms with Crippen LogP contribution < -0.4 is 5.32 Å². The first-order chi connectivity index (χ1) is 13.3. The third-order valence-corrected chi connectivity index (χ3v) is 5.92. The van der Waals surface area contributed by atoms with Crippen LogP contribution in [0.2, 0.25) is 0 Å². The van der Waals surface area contributed by atoms with Gasteiger partial charge in [0.25, 0.3) is 0 Å². The molecule has 2 aliphatic rings. The van der Waals surface area contributed by atoms with Crippen LogP contribution in [0.5, 0.6) is 0 Å². The largest absolute Gasteiger partial charge is 0.385 e. The van der Waals surface area contributed by atoms with Crippen LogP contribution in [-0.2, 0) is 4.74 Å². The van der Waals surface area contributed by atoms with Crippen LogP contribution in [0.1, 0.15) is 72.1 Å². The Morgan fingerprint density at radius 2 is 1.89 bits per heavy atom. The van der Waals surface area contributed by atoms with Gasteiger partial charge in [-0.25, -0.2) is 0 Å². The maximum atomic E-state index is 11.0. The van der Waals surface area contributed by atoms with E-state index in [9.17, 15) is 9.59 Å². The molecular formula is C22H32N2O3. The minimum Gasteiger partial charge on any atom is -0.385 e. The zero-order valence-corrected chi connectivity index (χ0v) is 16.2. The van der Waals surface area contributed by atoms with Crippen molar-refractivity contribution in [2.45, 2.75) is 63.5 Å². The predicted octanol–water partition coefficient (Wildman–Crippen LogP) is 3.93. The van der Waals surface area contributed by atoms with Gasteiger partial charge in [-0.2, -0.15) is 0 Å². The van der Waals surface area contributed by atoms with Crippen molar-refractivity contribution in [3.05, 3.63) is 29.3 Å². The lowest BCUT2D eigenvalue weighted by Gasteiger charge is -2.23. The molecule has 0 amide bonds. The van der Waals surface area contributed by atoms with Crippen molar-refractivity contribution < 1.29 is 14.3 Å². The molecule has 2 saturated heterocycles. The van der Waals surface area contributed by atoms with Gasteiger partial charge < -0.3 is 10.1 Å². The molecule has 5 heteroatoms. The summed E-state index contributed by atoms with van der Waals surface area (Å²) in [6, 6.07) is 6.79. The summed E-state index contributed by atoms with van der Waals surface area (Å²) in [6.07, 6.45) is 11.4. The zero-order chi connectivity index (χ0) is 18.9. The molecule has 27 heavy (non-hydrogen) atoms. The lowest BCUT2D eigenvalue weighted by Crippen LogP contribution is -2.34. The van der Waals surface area contributed by atoms with Gasteiger partial charge in [0.05, 0.1) is 6.61 Å². The van der Waals surface area contributed by atoms with Gasteiger partial charge in [-0.1, -0.05) is 12.8 Å². The summed E-state index contributed by atoms with van der Waals surface area (Å²) in [5.74, 6) is 0.